The summed E-state index contributed by atoms with van der Waals surface area (Å²) < 4.78 is 1.83. The molecule has 0 fully saturated rings. The third-order valence-corrected chi connectivity index (χ3v) is 3.10. The maximum absolute atomic E-state index is 9.95. The van der Waals surface area contributed by atoms with Gasteiger partial charge in [-0.2, -0.15) is 16.4 Å². The van der Waals surface area contributed by atoms with Crippen LogP contribution in [0, 0.1) is 0 Å². The van der Waals surface area contributed by atoms with Gasteiger partial charge in [0.2, 0.25) is 0 Å². The molecule has 2 aromatic rings. The summed E-state index contributed by atoms with van der Waals surface area (Å²) >= 11 is 1.65. The Morgan fingerprint density at radius 3 is 3.07 bits per heavy atom. The maximum Gasteiger partial charge on any atom is 0.0861 e. The second-order valence-corrected chi connectivity index (χ2v) is 4.26. The van der Waals surface area contributed by atoms with E-state index >= 15 is 0 Å². The fourth-order valence-corrected chi connectivity index (χ4v) is 2.16. The molecule has 0 radical (unpaired) electrons. The molecule has 2 rings (SSSR count). The minimum absolute atomic E-state index is 0.445. The molecule has 2 aromatic heterocycles. The first kappa shape index (κ1) is 10.4. The van der Waals surface area contributed by atoms with E-state index in [4.69, 9.17) is 0 Å². The molecule has 0 saturated heterocycles. The molecule has 80 valence electrons. The molecule has 0 bridgehead atoms. The van der Waals surface area contributed by atoms with Gasteiger partial charge in [-0.1, -0.05) is 0 Å². The minimum Gasteiger partial charge on any atom is -0.388 e. The zero-order valence-corrected chi connectivity index (χ0v) is 9.44. The standard InChI is InChI=1S/C11H14N2OS/c1-2-13-7-10(6-12-13)11(14)5-9-3-4-15-8-9/h3-4,6-8,11,14H,2,5H2,1H3. The summed E-state index contributed by atoms with van der Waals surface area (Å²) in [5.74, 6) is 0. The first-order valence-corrected chi connectivity index (χ1v) is 5.95. The normalized spacial score (nSPS) is 12.9. The lowest BCUT2D eigenvalue weighted by Crippen LogP contribution is -2.00. The zero-order valence-electron chi connectivity index (χ0n) is 8.63. The third-order valence-electron chi connectivity index (χ3n) is 2.37. The lowest BCUT2D eigenvalue weighted by molar-refractivity contribution is 0.178. The highest BCUT2D eigenvalue weighted by Gasteiger charge is 2.10. The molecule has 2 heterocycles. The van der Waals surface area contributed by atoms with Crippen LogP contribution < -0.4 is 0 Å². The van der Waals surface area contributed by atoms with E-state index in [2.05, 4.69) is 10.5 Å². The Balaban J connectivity index is 2.04. The lowest BCUT2D eigenvalue weighted by Gasteiger charge is -2.05. The Morgan fingerprint density at radius 2 is 2.47 bits per heavy atom. The van der Waals surface area contributed by atoms with Crippen molar-refractivity contribution in [1.82, 2.24) is 9.78 Å². The molecule has 0 aliphatic carbocycles. The van der Waals surface area contributed by atoms with E-state index in [-0.39, 0.29) is 0 Å². The van der Waals surface area contributed by atoms with Crippen molar-refractivity contribution in [3.63, 3.8) is 0 Å². The number of nitrogens with zero attached hydrogens (tertiary/aromatic N) is 2. The highest BCUT2D eigenvalue weighted by Crippen LogP contribution is 2.19. The fraction of sp³-hybridized carbons (Fsp3) is 0.364. The summed E-state index contributed by atoms with van der Waals surface area (Å²) in [6, 6.07) is 2.04. The van der Waals surface area contributed by atoms with Crippen molar-refractivity contribution in [2.24, 2.45) is 0 Å². The van der Waals surface area contributed by atoms with Gasteiger partial charge in [0.15, 0.2) is 0 Å². The van der Waals surface area contributed by atoms with E-state index in [1.807, 2.05) is 29.2 Å². The number of aromatic nitrogens is 2. The van der Waals surface area contributed by atoms with Gasteiger partial charge >= 0.3 is 0 Å². The largest absolute Gasteiger partial charge is 0.388 e. The topological polar surface area (TPSA) is 38.0 Å². The van der Waals surface area contributed by atoms with Crippen molar-refractivity contribution in [1.29, 1.82) is 0 Å². The Kier molecular flexibility index (Phi) is 3.18. The predicted molar refractivity (Wildman–Crippen MR) is 60.9 cm³/mol. The third kappa shape index (κ3) is 2.46. The monoisotopic (exact) mass is 222 g/mol. The van der Waals surface area contributed by atoms with Gasteiger partial charge < -0.3 is 5.11 Å². The van der Waals surface area contributed by atoms with Crippen LogP contribution in [0.15, 0.2) is 29.2 Å². The second kappa shape index (κ2) is 4.59. The summed E-state index contributed by atoms with van der Waals surface area (Å²) in [7, 11) is 0. The molecule has 3 nitrogen and oxygen atoms in total. The van der Waals surface area contributed by atoms with Crippen LogP contribution in [0.3, 0.4) is 0 Å². The lowest BCUT2D eigenvalue weighted by atomic mass is 10.1. The number of rotatable bonds is 4. The van der Waals surface area contributed by atoms with Crippen LogP contribution >= 0.6 is 11.3 Å². The van der Waals surface area contributed by atoms with Gasteiger partial charge in [0, 0.05) is 24.7 Å². The summed E-state index contributed by atoms with van der Waals surface area (Å²) in [6.07, 6.45) is 3.86. The molecule has 1 atom stereocenters. The zero-order chi connectivity index (χ0) is 10.7. The van der Waals surface area contributed by atoms with Gasteiger partial charge in [-0.15, -0.1) is 0 Å². The van der Waals surface area contributed by atoms with E-state index in [0.717, 1.165) is 12.1 Å². The number of hydrogen-bond donors (Lipinski definition) is 1. The maximum atomic E-state index is 9.95. The number of hydrogen-bond acceptors (Lipinski definition) is 3. The number of aliphatic hydroxyl groups is 1. The van der Waals surface area contributed by atoms with E-state index in [9.17, 15) is 5.11 Å². The highest BCUT2D eigenvalue weighted by atomic mass is 32.1. The molecule has 0 saturated carbocycles. The van der Waals surface area contributed by atoms with Crippen molar-refractivity contribution >= 4 is 11.3 Å². The molecule has 15 heavy (non-hydrogen) atoms. The van der Waals surface area contributed by atoms with Gasteiger partial charge in [0.05, 0.1) is 12.3 Å². The molecule has 0 aliphatic rings. The number of thiophene rings is 1. The molecule has 1 N–H and O–H groups in total. The smallest absolute Gasteiger partial charge is 0.0861 e. The summed E-state index contributed by atoms with van der Waals surface area (Å²) in [5, 5.41) is 18.2. The van der Waals surface area contributed by atoms with E-state index in [0.29, 0.717) is 6.42 Å². The van der Waals surface area contributed by atoms with Crippen molar-refractivity contribution < 1.29 is 5.11 Å². The average Bonchev–Trinajstić information content (AvgIpc) is 2.86. The van der Waals surface area contributed by atoms with E-state index < -0.39 is 6.10 Å². The molecule has 0 aromatic carbocycles. The quantitative estimate of drug-likeness (QED) is 0.861. The van der Waals surface area contributed by atoms with Crippen LogP contribution in [0.5, 0.6) is 0 Å². The van der Waals surface area contributed by atoms with Gasteiger partial charge in [0.25, 0.3) is 0 Å². The van der Waals surface area contributed by atoms with Gasteiger partial charge in [-0.3, -0.25) is 4.68 Å². The average molecular weight is 222 g/mol. The van der Waals surface area contributed by atoms with Crippen molar-refractivity contribution in [2.75, 3.05) is 0 Å². The predicted octanol–water partition coefficient (Wildman–Crippen LogP) is 2.24. The molecular formula is C11H14N2OS. The molecule has 1 unspecified atom stereocenters. The van der Waals surface area contributed by atoms with Gasteiger partial charge in [0.1, 0.15) is 0 Å². The number of aliphatic hydroxyl groups excluding tert-OH is 1. The fourth-order valence-electron chi connectivity index (χ4n) is 1.47. The van der Waals surface area contributed by atoms with Crippen molar-refractivity contribution in [3.8, 4) is 0 Å². The van der Waals surface area contributed by atoms with Crippen molar-refractivity contribution in [2.45, 2.75) is 26.0 Å². The minimum atomic E-state index is -0.445. The first-order chi connectivity index (χ1) is 7.29. The van der Waals surface area contributed by atoms with Crippen LogP contribution in [0.2, 0.25) is 0 Å². The summed E-state index contributed by atoms with van der Waals surface area (Å²) in [4.78, 5) is 0. The molecule has 0 aliphatic heterocycles. The van der Waals surface area contributed by atoms with Gasteiger partial charge in [-0.25, -0.2) is 0 Å². The van der Waals surface area contributed by atoms with Crippen molar-refractivity contribution in [3.05, 3.63) is 40.3 Å². The molecule has 0 amide bonds. The van der Waals surface area contributed by atoms with E-state index in [1.54, 1.807) is 17.5 Å². The molecule has 0 spiro atoms. The van der Waals surface area contributed by atoms with Gasteiger partial charge in [-0.05, 0) is 29.3 Å². The highest BCUT2D eigenvalue weighted by molar-refractivity contribution is 7.07. The van der Waals surface area contributed by atoms with Crippen LogP contribution in [0.4, 0.5) is 0 Å². The first-order valence-electron chi connectivity index (χ1n) is 5.01. The molecular weight excluding hydrogens is 208 g/mol. The van der Waals surface area contributed by atoms with E-state index in [1.165, 1.54) is 5.56 Å². The van der Waals surface area contributed by atoms with Crippen LogP contribution in [-0.4, -0.2) is 14.9 Å². The summed E-state index contributed by atoms with van der Waals surface area (Å²) in [5.41, 5.74) is 2.07. The SMILES string of the molecule is CCn1cc(C(O)Cc2ccsc2)cn1. The number of aryl methyl sites for hydroxylation is 1. The van der Waals surface area contributed by atoms with Crippen LogP contribution in [0.1, 0.15) is 24.2 Å². The van der Waals surface area contributed by atoms with Crippen LogP contribution in [0.25, 0.3) is 0 Å². The Morgan fingerprint density at radius 1 is 1.60 bits per heavy atom. The Bertz CT molecular complexity index is 408. The van der Waals surface area contributed by atoms with Crippen LogP contribution in [-0.2, 0) is 13.0 Å². The molecule has 4 heteroatoms. The second-order valence-electron chi connectivity index (χ2n) is 3.48. The summed E-state index contributed by atoms with van der Waals surface area (Å²) in [6.45, 7) is 2.87. The Hall–Kier alpha value is -1.13. The Labute approximate surface area is 93.0 Å².